The molecule has 1 heterocycles. The highest BCUT2D eigenvalue weighted by atomic mass is 19.4. The number of nitrogen functional groups attached to an aromatic ring is 1. The minimum atomic E-state index is -4.19. The lowest BCUT2D eigenvalue weighted by Crippen LogP contribution is -2.28. The minimum absolute atomic E-state index is 0.0488. The smallest absolute Gasteiger partial charge is 0.369 e. The number of imidazole rings is 1. The average Bonchev–Trinajstić information content (AvgIpc) is 2.33. The molecule has 1 aromatic rings. The Balaban J connectivity index is 2.28. The monoisotopic (exact) mass is 194 g/mol. The van der Waals surface area contributed by atoms with Gasteiger partial charge in [0.05, 0.1) is 12.2 Å². The van der Waals surface area contributed by atoms with Gasteiger partial charge in [-0.2, -0.15) is 13.2 Å². The molecule has 0 aliphatic rings. The van der Waals surface area contributed by atoms with E-state index in [9.17, 15) is 13.2 Å². The summed E-state index contributed by atoms with van der Waals surface area (Å²) in [5.41, 5.74) is 5.68. The van der Waals surface area contributed by atoms with E-state index < -0.39 is 12.7 Å². The van der Waals surface area contributed by atoms with Crippen LogP contribution in [0.25, 0.3) is 0 Å². The van der Waals surface area contributed by atoms with Crippen LogP contribution in [0.5, 0.6) is 0 Å². The number of hydrogen-bond acceptors (Lipinski definition) is 3. The van der Waals surface area contributed by atoms with Crippen LogP contribution in [-0.2, 0) is 6.54 Å². The minimum Gasteiger partial charge on any atom is -0.369 e. The Kier molecular flexibility index (Phi) is 2.76. The van der Waals surface area contributed by atoms with Crippen LogP contribution in [0, 0.1) is 0 Å². The first kappa shape index (κ1) is 9.85. The first-order valence-corrected chi connectivity index (χ1v) is 3.54. The number of aromatic amines is 1. The molecule has 74 valence electrons. The van der Waals surface area contributed by atoms with E-state index in [4.69, 9.17) is 5.73 Å². The summed E-state index contributed by atoms with van der Waals surface area (Å²) in [7, 11) is 0. The predicted octanol–water partition coefficient (Wildman–Crippen LogP) is 0.644. The molecule has 0 aliphatic heterocycles. The largest absolute Gasteiger partial charge is 0.401 e. The molecule has 13 heavy (non-hydrogen) atoms. The van der Waals surface area contributed by atoms with Crippen molar-refractivity contribution in [2.24, 2.45) is 0 Å². The molecule has 0 aliphatic carbocycles. The Bertz CT molecular complexity index is 267. The van der Waals surface area contributed by atoms with E-state index in [1.165, 1.54) is 6.20 Å². The fourth-order valence-electron chi connectivity index (χ4n) is 0.799. The van der Waals surface area contributed by atoms with Crippen molar-refractivity contribution >= 4 is 5.95 Å². The highest BCUT2D eigenvalue weighted by Crippen LogP contribution is 2.12. The van der Waals surface area contributed by atoms with Gasteiger partial charge in [0.15, 0.2) is 5.95 Å². The zero-order valence-corrected chi connectivity index (χ0v) is 6.65. The van der Waals surface area contributed by atoms with Crippen LogP contribution in [0.3, 0.4) is 0 Å². The van der Waals surface area contributed by atoms with Crippen LogP contribution >= 0.6 is 0 Å². The first-order chi connectivity index (χ1) is 5.97. The molecule has 0 atom stereocenters. The van der Waals surface area contributed by atoms with Gasteiger partial charge < -0.3 is 16.0 Å². The molecule has 0 amide bonds. The number of anilines is 1. The molecule has 0 radical (unpaired) electrons. The molecule has 0 bridgehead atoms. The highest BCUT2D eigenvalue weighted by Gasteiger charge is 2.26. The zero-order valence-electron chi connectivity index (χ0n) is 6.65. The van der Waals surface area contributed by atoms with Gasteiger partial charge in [0.2, 0.25) is 0 Å². The quantitative estimate of drug-likeness (QED) is 0.661. The van der Waals surface area contributed by atoms with E-state index in [-0.39, 0.29) is 12.5 Å². The Morgan fingerprint density at radius 2 is 2.23 bits per heavy atom. The molecule has 4 nitrogen and oxygen atoms in total. The number of nitrogens with one attached hydrogen (secondary N) is 2. The van der Waals surface area contributed by atoms with E-state index in [0.29, 0.717) is 5.69 Å². The molecule has 7 heteroatoms. The number of nitrogens with two attached hydrogens (primary N) is 1. The first-order valence-electron chi connectivity index (χ1n) is 3.54. The van der Waals surface area contributed by atoms with Gasteiger partial charge in [0.1, 0.15) is 0 Å². The summed E-state index contributed by atoms with van der Waals surface area (Å²) >= 11 is 0. The summed E-state index contributed by atoms with van der Waals surface area (Å²) in [5, 5.41) is 2.19. The fourth-order valence-corrected chi connectivity index (χ4v) is 0.799. The maximum Gasteiger partial charge on any atom is 0.401 e. The summed E-state index contributed by atoms with van der Waals surface area (Å²) in [6.45, 7) is -0.979. The Hall–Kier alpha value is -1.24. The third-order valence-electron chi connectivity index (χ3n) is 1.28. The highest BCUT2D eigenvalue weighted by molar-refractivity contribution is 5.18. The van der Waals surface area contributed by atoms with Crippen LogP contribution < -0.4 is 11.1 Å². The van der Waals surface area contributed by atoms with Crippen molar-refractivity contribution in [2.45, 2.75) is 12.7 Å². The zero-order chi connectivity index (χ0) is 9.90. The van der Waals surface area contributed by atoms with E-state index in [2.05, 4.69) is 15.3 Å². The molecule has 0 aromatic carbocycles. The number of rotatable bonds is 3. The molecule has 1 aromatic heterocycles. The Morgan fingerprint density at radius 1 is 1.54 bits per heavy atom. The van der Waals surface area contributed by atoms with Crippen molar-refractivity contribution in [3.63, 3.8) is 0 Å². The van der Waals surface area contributed by atoms with Gasteiger partial charge in [-0.05, 0) is 0 Å². The van der Waals surface area contributed by atoms with Crippen molar-refractivity contribution in [3.05, 3.63) is 11.9 Å². The van der Waals surface area contributed by atoms with Crippen LogP contribution in [0.1, 0.15) is 5.69 Å². The van der Waals surface area contributed by atoms with Crippen molar-refractivity contribution in [3.8, 4) is 0 Å². The molecule has 0 unspecified atom stereocenters. The lowest BCUT2D eigenvalue weighted by Gasteiger charge is -2.05. The molecule has 0 spiro atoms. The summed E-state index contributed by atoms with van der Waals surface area (Å²) in [5.74, 6) is 0.198. The summed E-state index contributed by atoms with van der Waals surface area (Å²) < 4.78 is 34.9. The maximum atomic E-state index is 11.6. The molecular formula is C6H9F3N4. The van der Waals surface area contributed by atoms with E-state index in [1.807, 2.05) is 0 Å². The van der Waals surface area contributed by atoms with Crippen LogP contribution in [-0.4, -0.2) is 22.7 Å². The van der Waals surface area contributed by atoms with Gasteiger partial charge >= 0.3 is 6.18 Å². The molecule has 0 saturated carbocycles. The van der Waals surface area contributed by atoms with Gasteiger partial charge in [-0.25, -0.2) is 4.98 Å². The topological polar surface area (TPSA) is 66.7 Å². The Labute approximate surface area is 72.3 Å². The van der Waals surface area contributed by atoms with Crippen LogP contribution in [0.15, 0.2) is 6.20 Å². The third-order valence-corrected chi connectivity index (χ3v) is 1.28. The van der Waals surface area contributed by atoms with Crippen molar-refractivity contribution in [1.82, 2.24) is 15.3 Å². The SMILES string of the molecule is Nc1nc(CNCC(F)(F)F)c[nH]1. The maximum absolute atomic E-state index is 11.6. The number of alkyl halides is 3. The van der Waals surface area contributed by atoms with Crippen LogP contribution in [0.4, 0.5) is 19.1 Å². The fraction of sp³-hybridized carbons (Fsp3) is 0.500. The van der Waals surface area contributed by atoms with E-state index in [0.717, 1.165) is 0 Å². The number of aromatic nitrogens is 2. The second-order valence-electron chi connectivity index (χ2n) is 2.50. The number of halogens is 3. The molecule has 0 fully saturated rings. The Morgan fingerprint density at radius 3 is 2.69 bits per heavy atom. The number of nitrogens with zero attached hydrogens (tertiary/aromatic N) is 1. The number of hydrogen-bond donors (Lipinski definition) is 3. The van der Waals surface area contributed by atoms with Gasteiger partial charge in [0, 0.05) is 12.7 Å². The van der Waals surface area contributed by atoms with Crippen molar-refractivity contribution in [2.75, 3.05) is 12.3 Å². The molecule has 1 rings (SSSR count). The lowest BCUT2D eigenvalue weighted by molar-refractivity contribution is -0.125. The second-order valence-corrected chi connectivity index (χ2v) is 2.50. The van der Waals surface area contributed by atoms with E-state index >= 15 is 0 Å². The summed E-state index contributed by atoms with van der Waals surface area (Å²) in [6, 6.07) is 0. The van der Waals surface area contributed by atoms with Gasteiger partial charge in [-0.15, -0.1) is 0 Å². The summed E-state index contributed by atoms with van der Waals surface area (Å²) in [6.07, 6.45) is -2.74. The average molecular weight is 194 g/mol. The number of H-pyrrole nitrogens is 1. The normalized spacial score (nSPS) is 11.9. The predicted molar refractivity (Wildman–Crippen MR) is 40.8 cm³/mol. The van der Waals surface area contributed by atoms with Gasteiger partial charge in [-0.3, -0.25) is 0 Å². The second kappa shape index (κ2) is 3.65. The summed E-state index contributed by atoms with van der Waals surface area (Å²) in [4.78, 5) is 6.28. The standard InChI is InChI=1S/C6H9F3N4/c7-6(8,9)3-11-1-4-2-12-5(10)13-4/h2,11H,1,3H2,(H3,10,12,13). The van der Waals surface area contributed by atoms with Crippen molar-refractivity contribution < 1.29 is 13.2 Å². The van der Waals surface area contributed by atoms with Crippen molar-refractivity contribution in [1.29, 1.82) is 0 Å². The van der Waals surface area contributed by atoms with Crippen LogP contribution in [0.2, 0.25) is 0 Å². The molecule has 4 N–H and O–H groups in total. The van der Waals surface area contributed by atoms with E-state index in [1.54, 1.807) is 0 Å². The molecule has 0 saturated heterocycles. The van der Waals surface area contributed by atoms with Gasteiger partial charge in [0.25, 0.3) is 0 Å². The van der Waals surface area contributed by atoms with Gasteiger partial charge in [-0.1, -0.05) is 0 Å². The lowest BCUT2D eigenvalue weighted by atomic mass is 10.4. The third kappa shape index (κ3) is 3.79. The molecular weight excluding hydrogens is 185 g/mol.